The molecule has 0 N–H and O–H groups in total. The van der Waals surface area contributed by atoms with Gasteiger partial charge in [-0.25, -0.2) is 0 Å². The Morgan fingerprint density at radius 1 is 1.05 bits per heavy atom. The van der Waals surface area contributed by atoms with Gasteiger partial charge in [-0.2, -0.15) is 0 Å². The van der Waals surface area contributed by atoms with Gasteiger partial charge >= 0.3 is 0 Å². The smallest absolute Gasteiger partial charge is 0.197 e. The molecule has 0 fully saturated rings. The van der Waals surface area contributed by atoms with Crippen LogP contribution in [0, 0.1) is 0 Å². The Bertz CT molecular complexity index is 662. The van der Waals surface area contributed by atoms with Gasteiger partial charge in [0.2, 0.25) is 0 Å². The standard InChI is InChI=1S/C18H19ClO2/c1-4-12-6-7-13(5-2)16(10-12)18(20)15-9-8-14(19)11-17(15)21-3/h6-11H,4-5H2,1-3H3. The van der Waals surface area contributed by atoms with Crippen molar-refractivity contribution in [3.63, 3.8) is 0 Å². The molecule has 2 aromatic carbocycles. The number of hydrogen-bond donors (Lipinski definition) is 0. The summed E-state index contributed by atoms with van der Waals surface area (Å²) in [5.41, 5.74) is 3.50. The lowest BCUT2D eigenvalue weighted by molar-refractivity contribution is 0.103. The zero-order valence-electron chi connectivity index (χ0n) is 12.6. The third-order valence-corrected chi connectivity index (χ3v) is 3.85. The lowest BCUT2D eigenvalue weighted by Crippen LogP contribution is -2.08. The molecule has 21 heavy (non-hydrogen) atoms. The van der Waals surface area contributed by atoms with E-state index in [1.54, 1.807) is 25.3 Å². The summed E-state index contributed by atoms with van der Waals surface area (Å²) in [6.45, 7) is 4.13. The van der Waals surface area contributed by atoms with Crippen molar-refractivity contribution in [3.8, 4) is 5.75 Å². The molecule has 0 unspecified atom stereocenters. The molecule has 2 nitrogen and oxygen atoms in total. The van der Waals surface area contributed by atoms with E-state index in [1.807, 2.05) is 12.1 Å². The van der Waals surface area contributed by atoms with E-state index < -0.39 is 0 Å². The van der Waals surface area contributed by atoms with Gasteiger partial charge in [0.1, 0.15) is 5.75 Å². The number of methoxy groups -OCH3 is 1. The highest BCUT2D eigenvalue weighted by Crippen LogP contribution is 2.27. The molecule has 0 atom stereocenters. The number of benzene rings is 2. The molecule has 0 aliphatic rings. The van der Waals surface area contributed by atoms with Crippen LogP contribution in [0.1, 0.15) is 40.9 Å². The SMILES string of the molecule is CCc1ccc(CC)c(C(=O)c2ccc(Cl)cc2OC)c1. The molecule has 110 valence electrons. The third-order valence-electron chi connectivity index (χ3n) is 3.62. The fraction of sp³-hybridized carbons (Fsp3) is 0.278. The maximum absolute atomic E-state index is 12.9. The van der Waals surface area contributed by atoms with Crippen LogP contribution in [-0.2, 0) is 12.8 Å². The molecule has 0 aliphatic carbocycles. The minimum atomic E-state index is -0.0179. The second-order valence-electron chi connectivity index (χ2n) is 4.87. The van der Waals surface area contributed by atoms with Crippen molar-refractivity contribution < 1.29 is 9.53 Å². The van der Waals surface area contributed by atoms with E-state index >= 15 is 0 Å². The number of carbonyl (C=O) groups is 1. The molecule has 0 aromatic heterocycles. The predicted octanol–water partition coefficient (Wildman–Crippen LogP) is 4.70. The molecular weight excluding hydrogens is 284 g/mol. The quantitative estimate of drug-likeness (QED) is 0.748. The summed E-state index contributed by atoms with van der Waals surface area (Å²) in [6.07, 6.45) is 1.73. The number of aryl methyl sites for hydroxylation is 2. The van der Waals surface area contributed by atoms with Crippen molar-refractivity contribution in [2.75, 3.05) is 7.11 Å². The maximum atomic E-state index is 12.9. The molecule has 0 radical (unpaired) electrons. The van der Waals surface area contributed by atoms with E-state index in [0.717, 1.165) is 29.5 Å². The van der Waals surface area contributed by atoms with Crippen LogP contribution in [0.25, 0.3) is 0 Å². The number of rotatable bonds is 5. The van der Waals surface area contributed by atoms with Crippen LogP contribution in [0.3, 0.4) is 0 Å². The van der Waals surface area contributed by atoms with Crippen LogP contribution >= 0.6 is 11.6 Å². The summed E-state index contributed by atoms with van der Waals surface area (Å²) in [6, 6.07) is 11.2. The number of ketones is 1. The van der Waals surface area contributed by atoms with Gasteiger partial charge in [0, 0.05) is 10.6 Å². The first-order chi connectivity index (χ1) is 10.1. The molecule has 0 saturated carbocycles. The average molecular weight is 303 g/mol. The Balaban J connectivity index is 2.53. The van der Waals surface area contributed by atoms with Gasteiger partial charge < -0.3 is 4.74 Å². The Kier molecular flexibility index (Phi) is 5.03. The van der Waals surface area contributed by atoms with Crippen LogP contribution in [0.4, 0.5) is 0 Å². The van der Waals surface area contributed by atoms with Crippen molar-refractivity contribution in [3.05, 3.63) is 63.7 Å². The summed E-state index contributed by atoms with van der Waals surface area (Å²) in [5.74, 6) is 0.493. The summed E-state index contributed by atoms with van der Waals surface area (Å²) >= 11 is 5.96. The number of halogens is 1. The van der Waals surface area contributed by atoms with Gasteiger partial charge in [0.15, 0.2) is 5.78 Å². The maximum Gasteiger partial charge on any atom is 0.197 e. The number of ether oxygens (including phenoxy) is 1. The van der Waals surface area contributed by atoms with Gasteiger partial charge in [-0.05, 0) is 48.2 Å². The second kappa shape index (κ2) is 6.77. The van der Waals surface area contributed by atoms with E-state index in [1.165, 1.54) is 0 Å². The molecule has 0 saturated heterocycles. The third kappa shape index (κ3) is 3.27. The predicted molar refractivity (Wildman–Crippen MR) is 86.6 cm³/mol. The molecule has 0 amide bonds. The highest BCUT2D eigenvalue weighted by Gasteiger charge is 2.17. The van der Waals surface area contributed by atoms with E-state index in [-0.39, 0.29) is 5.78 Å². The number of carbonyl (C=O) groups excluding carboxylic acids is 1. The zero-order chi connectivity index (χ0) is 15.4. The highest BCUT2D eigenvalue weighted by molar-refractivity contribution is 6.31. The Morgan fingerprint density at radius 3 is 2.43 bits per heavy atom. The van der Waals surface area contributed by atoms with E-state index in [2.05, 4.69) is 19.9 Å². The topological polar surface area (TPSA) is 26.3 Å². The van der Waals surface area contributed by atoms with E-state index in [4.69, 9.17) is 16.3 Å². The lowest BCUT2D eigenvalue weighted by Gasteiger charge is -2.12. The van der Waals surface area contributed by atoms with Gasteiger partial charge in [-0.15, -0.1) is 0 Å². The first-order valence-electron chi connectivity index (χ1n) is 7.10. The molecular formula is C18H19ClO2. The fourth-order valence-corrected chi connectivity index (χ4v) is 2.52. The lowest BCUT2D eigenvalue weighted by atomic mass is 9.94. The van der Waals surface area contributed by atoms with E-state index in [0.29, 0.717) is 16.3 Å². The molecule has 2 rings (SSSR count). The molecule has 2 aromatic rings. The summed E-state index contributed by atoms with van der Waals surface area (Å²) in [4.78, 5) is 12.9. The minimum Gasteiger partial charge on any atom is -0.496 e. The van der Waals surface area contributed by atoms with E-state index in [9.17, 15) is 4.79 Å². The minimum absolute atomic E-state index is 0.0179. The van der Waals surface area contributed by atoms with Crippen molar-refractivity contribution in [1.29, 1.82) is 0 Å². The van der Waals surface area contributed by atoms with Crippen LogP contribution in [0.2, 0.25) is 5.02 Å². The van der Waals surface area contributed by atoms with Gasteiger partial charge in [0.25, 0.3) is 0 Å². The Labute approximate surface area is 130 Å². The van der Waals surface area contributed by atoms with Crippen LogP contribution < -0.4 is 4.74 Å². The Morgan fingerprint density at radius 2 is 1.81 bits per heavy atom. The summed E-state index contributed by atoms with van der Waals surface area (Å²) < 4.78 is 5.29. The Hall–Kier alpha value is -1.80. The molecule has 3 heteroatoms. The number of hydrogen-bond acceptors (Lipinski definition) is 2. The first-order valence-corrected chi connectivity index (χ1v) is 7.48. The van der Waals surface area contributed by atoms with Crippen molar-refractivity contribution >= 4 is 17.4 Å². The average Bonchev–Trinajstić information content (AvgIpc) is 2.53. The van der Waals surface area contributed by atoms with Gasteiger partial charge in [-0.1, -0.05) is 37.6 Å². The van der Waals surface area contributed by atoms with Crippen molar-refractivity contribution in [1.82, 2.24) is 0 Å². The molecule has 0 aliphatic heterocycles. The largest absolute Gasteiger partial charge is 0.496 e. The second-order valence-corrected chi connectivity index (χ2v) is 5.31. The van der Waals surface area contributed by atoms with Crippen LogP contribution in [0.5, 0.6) is 5.75 Å². The van der Waals surface area contributed by atoms with Crippen LogP contribution in [0.15, 0.2) is 36.4 Å². The zero-order valence-corrected chi connectivity index (χ0v) is 13.3. The molecule has 0 bridgehead atoms. The summed E-state index contributed by atoms with van der Waals surface area (Å²) in [5, 5.41) is 0.557. The highest BCUT2D eigenvalue weighted by atomic mass is 35.5. The van der Waals surface area contributed by atoms with Crippen molar-refractivity contribution in [2.24, 2.45) is 0 Å². The first kappa shape index (κ1) is 15.6. The van der Waals surface area contributed by atoms with Crippen molar-refractivity contribution in [2.45, 2.75) is 26.7 Å². The monoisotopic (exact) mass is 302 g/mol. The fourth-order valence-electron chi connectivity index (χ4n) is 2.36. The summed E-state index contributed by atoms with van der Waals surface area (Å²) in [7, 11) is 1.55. The van der Waals surface area contributed by atoms with Crippen LogP contribution in [-0.4, -0.2) is 12.9 Å². The molecule has 0 heterocycles. The van der Waals surface area contributed by atoms with Gasteiger partial charge in [-0.3, -0.25) is 4.79 Å². The van der Waals surface area contributed by atoms with Gasteiger partial charge in [0.05, 0.1) is 12.7 Å². The molecule has 0 spiro atoms. The normalized spacial score (nSPS) is 10.5.